The average Bonchev–Trinajstić information content (AvgIpc) is 2.93. The molecule has 1 saturated heterocycles. The Kier molecular flexibility index (Phi) is 4.27. The Morgan fingerprint density at radius 3 is 2.95 bits per heavy atom. The standard InChI is InChI=1S/C17H21N3OS/c1-11-8-15(18)6-7-20(11)17(21)14-5-3-4-13(9-14)16-10-22-12(2)19-16/h3-5,9-11,15H,6-8,18H2,1-2H3/t11-,15-/m1/s1. The lowest BCUT2D eigenvalue weighted by Gasteiger charge is -2.36. The molecule has 1 aliphatic heterocycles. The van der Waals surface area contributed by atoms with Crippen LogP contribution in [0.2, 0.25) is 0 Å². The smallest absolute Gasteiger partial charge is 0.254 e. The second kappa shape index (κ2) is 6.18. The van der Waals surface area contributed by atoms with Crippen molar-refractivity contribution in [2.45, 2.75) is 38.8 Å². The van der Waals surface area contributed by atoms with E-state index in [0.717, 1.165) is 41.2 Å². The fourth-order valence-corrected chi connectivity index (χ4v) is 3.61. The van der Waals surface area contributed by atoms with E-state index in [0.29, 0.717) is 0 Å². The number of carbonyl (C=O) groups is 1. The van der Waals surface area contributed by atoms with Crippen LogP contribution in [0.1, 0.15) is 35.1 Å². The number of hydrogen-bond acceptors (Lipinski definition) is 4. The maximum atomic E-state index is 12.8. The zero-order valence-electron chi connectivity index (χ0n) is 13.0. The lowest BCUT2D eigenvalue weighted by Crippen LogP contribution is -2.48. The number of likely N-dealkylation sites (tertiary alicyclic amines) is 1. The first-order chi connectivity index (χ1) is 10.5. The molecule has 4 nitrogen and oxygen atoms in total. The number of amides is 1. The number of thiazole rings is 1. The molecule has 2 atom stereocenters. The first-order valence-electron chi connectivity index (χ1n) is 7.63. The number of aromatic nitrogens is 1. The number of aryl methyl sites for hydroxylation is 1. The van der Waals surface area contributed by atoms with E-state index in [2.05, 4.69) is 11.9 Å². The van der Waals surface area contributed by atoms with Gasteiger partial charge in [-0.3, -0.25) is 4.79 Å². The molecule has 5 heteroatoms. The van der Waals surface area contributed by atoms with Crippen molar-refractivity contribution in [1.82, 2.24) is 9.88 Å². The zero-order chi connectivity index (χ0) is 15.7. The molecule has 1 fully saturated rings. The molecule has 0 spiro atoms. The zero-order valence-corrected chi connectivity index (χ0v) is 13.8. The van der Waals surface area contributed by atoms with Crippen molar-refractivity contribution in [3.63, 3.8) is 0 Å². The molecule has 116 valence electrons. The van der Waals surface area contributed by atoms with Crippen molar-refractivity contribution < 1.29 is 4.79 Å². The van der Waals surface area contributed by atoms with Crippen LogP contribution in [0.5, 0.6) is 0 Å². The maximum absolute atomic E-state index is 12.8. The molecule has 22 heavy (non-hydrogen) atoms. The van der Waals surface area contributed by atoms with Crippen molar-refractivity contribution in [2.24, 2.45) is 5.73 Å². The Morgan fingerprint density at radius 1 is 1.45 bits per heavy atom. The van der Waals surface area contributed by atoms with Gasteiger partial charge >= 0.3 is 0 Å². The lowest BCUT2D eigenvalue weighted by atomic mass is 9.97. The normalized spacial score (nSPS) is 21.9. The third kappa shape index (κ3) is 3.05. The Labute approximate surface area is 135 Å². The Morgan fingerprint density at radius 2 is 2.27 bits per heavy atom. The average molecular weight is 315 g/mol. The van der Waals surface area contributed by atoms with Crippen LogP contribution < -0.4 is 5.73 Å². The van der Waals surface area contributed by atoms with E-state index in [1.807, 2.05) is 41.5 Å². The topological polar surface area (TPSA) is 59.2 Å². The summed E-state index contributed by atoms with van der Waals surface area (Å²) < 4.78 is 0. The van der Waals surface area contributed by atoms with Crippen LogP contribution in [0.15, 0.2) is 29.6 Å². The predicted octanol–water partition coefficient (Wildman–Crippen LogP) is 3.07. The highest BCUT2D eigenvalue weighted by atomic mass is 32.1. The lowest BCUT2D eigenvalue weighted by molar-refractivity contribution is 0.0619. The van der Waals surface area contributed by atoms with E-state index in [4.69, 9.17) is 5.73 Å². The first kappa shape index (κ1) is 15.2. The molecular formula is C17H21N3OS. The molecule has 2 aromatic rings. The van der Waals surface area contributed by atoms with Crippen LogP contribution in [-0.4, -0.2) is 34.4 Å². The molecule has 1 aromatic carbocycles. The predicted molar refractivity (Wildman–Crippen MR) is 90.0 cm³/mol. The van der Waals surface area contributed by atoms with E-state index >= 15 is 0 Å². The van der Waals surface area contributed by atoms with Crippen molar-refractivity contribution >= 4 is 17.2 Å². The van der Waals surface area contributed by atoms with Gasteiger partial charge in [-0.25, -0.2) is 4.98 Å². The van der Waals surface area contributed by atoms with Crippen LogP contribution in [0, 0.1) is 6.92 Å². The van der Waals surface area contributed by atoms with Gasteiger partial charge in [-0.2, -0.15) is 0 Å². The summed E-state index contributed by atoms with van der Waals surface area (Å²) in [4.78, 5) is 19.2. The van der Waals surface area contributed by atoms with E-state index in [9.17, 15) is 4.79 Å². The minimum Gasteiger partial charge on any atom is -0.336 e. The van der Waals surface area contributed by atoms with Gasteiger partial charge in [0.15, 0.2) is 0 Å². The van der Waals surface area contributed by atoms with Crippen molar-refractivity contribution in [2.75, 3.05) is 6.54 Å². The van der Waals surface area contributed by atoms with Gasteiger partial charge in [0, 0.05) is 35.1 Å². The molecule has 0 bridgehead atoms. The van der Waals surface area contributed by atoms with Gasteiger partial charge in [-0.05, 0) is 38.8 Å². The summed E-state index contributed by atoms with van der Waals surface area (Å²) >= 11 is 1.62. The van der Waals surface area contributed by atoms with Crippen LogP contribution in [0.4, 0.5) is 0 Å². The molecule has 2 N–H and O–H groups in total. The van der Waals surface area contributed by atoms with Gasteiger partial charge in [0.25, 0.3) is 5.91 Å². The van der Waals surface area contributed by atoms with Crippen LogP contribution in [-0.2, 0) is 0 Å². The number of nitrogens with zero attached hydrogens (tertiary/aromatic N) is 2. The minimum absolute atomic E-state index is 0.0909. The van der Waals surface area contributed by atoms with Crippen molar-refractivity contribution in [3.05, 3.63) is 40.2 Å². The molecule has 1 aromatic heterocycles. The quantitative estimate of drug-likeness (QED) is 0.926. The molecule has 2 heterocycles. The fraction of sp³-hybridized carbons (Fsp3) is 0.412. The summed E-state index contributed by atoms with van der Waals surface area (Å²) in [5, 5.41) is 3.06. The Hall–Kier alpha value is -1.72. The number of rotatable bonds is 2. The summed E-state index contributed by atoms with van der Waals surface area (Å²) in [6, 6.07) is 8.16. The van der Waals surface area contributed by atoms with Gasteiger partial charge in [0.05, 0.1) is 10.7 Å². The number of benzene rings is 1. The summed E-state index contributed by atoms with van der Waals surface area (Å²) in [5.74, 6) is 0.0909. The summed E-state index contributed by atoms with van der Waals surface area (Å²) in [6.45, 7) is 4.80. The van der Waals surface area contributed by atoms with E-state index in [1.54, 1.807) is 11.3 Å². The molecule has 0 unspecified atom stereocenters. The van der Waals surface area contributed by atoms with Crippen LogP contribution >= 0.6 is 11.3 Å². The number of hydrogen-bond donors (Lipinski definition) is 1. The highest BCUT2D eigenvalue weighted by molar-refractivity contribution is 7.09. The van der Waals surface area contributed by atoms with Crippen LogP contribution in [0.3, 0.4) is 0 Å². The number of nitrogens with two attached hydrogens (primary N) is 1. The maximum Gasteiger partial charge on any atom is 0.254 e. The highest BCUT2D eigenvalue weighted by Gasteiger charge is 2.27. The summed E-state index contributed by atoms with van der Waals surface area (Å²) in [7, 11) is 0. The van der Waals surface area contributed by atoms with E-state index in [1.165, 1.54) is 0 Å². The van der Waals surface area contributed by atoms with Crippen molar-refractivity contribution in [1.29, 1.82) is 0 Å². The van der Waals surface area contributed by atoms with Crippen molar-refractivity contribution in [3.8, 4) is 11.3 Å². The van der Waals surface area contributed by atoms with Gasteiger partial charge in [-0.15, -0.1) is 11.3 Å². The first-order valence-corrected chi connectivity index (χ1v) is 8.51. The third-order valence-electron chi connectivity index (χ3n) is 4.20. The Bertz CT molecular complexity index is 682. The molecular weight excluding hydrogens is 294 g/mol. The minimum atomic E-state index is 0.0909. The second-order valence-corrected chi connectivity index (χ2v) is 7.03. The molecule has 0 saturated carbocycles. The fourth-order valence-electron chi connectivity index (χ4n) is 2.98. The summed E-state index contributed by atoms with van der Waals surface area (Å²) in [6.07, 6.45) is 1.75. The molecule has 3 rings (SSSR count). The SMILES string of the molecule is Cc1nc(-c2cccc(C(=O)N3CC[C@@H](N)C[C@H]3C)c2)cs1. The molecule has 0 radical (unpaired) electrons. The number of carbonyl (C=O) groups excluding carboxylic acids is 1. The monoisotopic (exact) mass is 315 g/mol. The van der Waals surface area contributed by atoms with Gasteiger partial charge in [0.2, 0.25) is 0 Å². The van der Waals surface area contributed by atoms with Gasteiger partial charge < -0.3 is 10.6 Å². The Balaban J connectivity index is 1.84. The third-order valence-corrected chi connectivity index (χ3v) is 4.98. The van der Waals surface area contributed by atoms with E-state index < -0.39 is 0 Å². The number of piperidine rings is 1. The van der Waals surface area contributed by atoms with E-state index in [-0.39, 0.29) is 18.0 Å². The highest BCUT2D eigenvalue weighted by Crippen LogP contribution is 2.24. The second-order valence-electron chi connectivity index (χ2n) is 5.96. The molecule has 1 aliphatic rings. The van der Waals surface area contributed by atoms with Gasteiger partial charge in [-0.1, -0.05) is 12.1 Å². The largest absolute Gasteiger partial charge is 0.336 e. The molecule has 1 amide bonds. The van der Waals surface area contributed by atoms with Gasteiger partial charge in [0.1, 0.15) is 0 Å². The molecule has 0 aliphatic carbocycles. The van der Waals surface area contributed by atoms with Crippen LogP contribution in [0.25, 0.3) is 11.3 Å². The summed E-state index contributed by atoms with van der Waals surface area (Å²) in [5.41, 5.74) is 8.64.